The molecule has 0 N–H and O–H groups in total. The third-order valence-corrected chi connectivity index (χ3v) is 5.80. The molecular weight excluding hydrogens is 275 g/mol. The summed E-state index contributed by atoms with van der Waals surface area (Å²) >= 11 is 0. The molecule has 2 unspecified atom stereocenters. The molecule has 2 aliphatic rings. The molecule has 4 nitrogen and oxygen atoms in total. The molecular formula is C17H29BN2O2. The minimum absolute atomic E-state index is 0.296. The lowest BCUT2D eigenvalue weighted by Crippen LogP contribution is -2.41. The van der Waals surface area contributed by atoms with Gasteiger partial charge in [0, 0.05) is 17.9 Å². The molecule has 1 aromatic rings. The molecule has 0 aromatic carbocycles. The van der Waals surface area contributed by atoms with Gasteiger partial charge in [0.05, 0.1) is 17.2 Å². The molecule has 0 radical (unpaired) electrons. The van der Waals surface area contributed by atoms with Crippen LogP contribution in [0.5, 0.6) is 0 Å². The van der Waals surface area contributed by atoms with Crippen LogP contribution in [0.3, 0.4) is 0 Å². The van der Waals surface area contributed by atoms with Crippen LogP contribution in [-0.2, 0) is 9.31 Å². The molecule has 2 heterocycles. The van der Waals surface area contributed by atoms with Crippen molar-refractivity contribution < 1.29 is 9.31 Å². The fourth-order valence-corrected chi connectivity index (χ4v) is 3.50. The normalized spacial score (nSPS) is 31.2. The minimum Gasteiger partial charge on any atom is -0.399 e. The van der Waals surface area contributed by atoms with Crippen LogP contribution in [-0.4, -0.2) is 28.1 Å². The molecule has 1 saturated heterocycles. The van der Waals surface area contributed by atoms with Gasteiger partial charge in [-0.15, -0.1) is 0 Å². The molecule has 2 atom stereocenters. The second kappa shape index (κ2) is 5.68. The lowest BCUT2D eigenvalue weighted by Gasteiger charge is -2.32. The van der Waals surface area contributed by atoms with Gasteiger partial charge in [0.1, 0.15) is 0 Å². The molecule has 1 aromatic heterocycles. The van der Waals surface area contributed by atoms with Gasteiger partial charge in [-0.2, -0.15) is 5.10 Å². The maximum atomic E-state index is 6.13. The largest absolute Gasteiger partial charge is 0.498 e. The molecule has 1 saturated carbocycles. The molecule has 0 bridgehead atoms. The van der Waals surface area contributed by atoms with Gasteiger partial charge in [-0.25, -0.2) is 0 Å². The molecule has 1 aliphatic heterocycles. The summed E-state index contributed by atoms with van der Waals surface area (Å²) in [6, 6.07) is 0.513. The van der Waals surface area contributed by atoms with Gasteiger partial charge in [0.2, 0.25) is 0 Å². The van der Waals surface area contributed by atoms with Gasteiger partial charge >= 0.3 is 7.12 Å². The highest BCUT2D eigenvalue weighted by molar-refractivity contribution is 6.61. The van der Waals surface area contributed by atoms with E-state index in [2.05, 4.69) is 50.6 Å². The van der Waals surface area contributed by atoms with Gasteiger partial charge in [0.15, 0.2) is 0 Å². The molecule has 5 heteroatoms. The topological polar surface area (TPSA) is 36.3 Å². The van der Waals surface area contributed by atoms with E-state index in [1.54, 1.807) is 0 Å². The first-order valence-electron chi connectivity index (χ1n) is 8.70. The Balaban J connectivity index is 1.77. The number of rotatable bonds is 2. The van der Waals surface area contributed by atoms with Crippen molar-refractivity contribution in [3.63, 3.8) is 0 Å². The van der Waals surface area contributed by atoms with Gasteiger partial charge in [-0.1, -0.05) is 26.2 Å². The molecule has 122 valence electrons. The number of hydrogen-bond donors (Lipinski definition) is 0. The minimum atomic E-state index is -0.306. The zero-order valence-electron chi connectivity index (χ0n) is 14.6. The van der Waals surface area contributed by atoms with E-state index < -0.39 is 0 Å². The fraction of sp³-hybridized carbons (Fsp3) is 0.824. The Bertz CT molecular complexity index is 510. The van der Waals surface area contributed by atoms with E-state index in [1.807, 2.05) is 6.20 Å². The average molecular weight is 304 g/mol. The Hall–Kier alpha value is -0.805. The van der Waals surface area contributed by atoms with Crippen molar-refractivity contribution in [2.24, 2.45) is 5.92 Å². The summed E-state index contributed by atoms with van der Waals surface area (Å²) in [7, 11) is -0.306. The maximum Gasteiger partial charge on any atom is 0.498 e. The van der Waals surface area contributed by atoms with E-state index in [0.29, 0.717) is 12.0 Å². The first-order chi connectivity index (χ1) is 10.3. The lowest BCUT2D eigenvalue weighted by molar-refractivity contribution is 0.00578. The van der Waals surface area contributed by atoms with Crippen LogP contribution in [0, 0.1) is 5.92 Å². The van der Waals surface area contributed by atoms with Crippen LogP contribution in [0.15, 0.2) is 12.4 Å². The summed E-state index contributed by atoms with van der Waals surface area (Å²) in [6.07, 6.45) is 10.6. The molecule has 1 aliphatic carbocycles. The van der Waals surface area contributed by atoms with E-state index in [9.17, 15) is 0 Å². The molecule has 0 amide bonds. The van der Waals surface area contributed by atoms with E-state index in [4.69, 9.17) is 9.31 Å². The Kier molecular flexibility index (Phi) is 4.15. The van der Waals surface area contributed by atoms with Crippen molar-refractivity contribution in [3.8, 4) is 0 Å². The molecule has 3 rings (SSSR count). The second-order valence-electron chi connectivity index (χ2n) is 8.02. The number of aromatic nitrogens is 2. The smallest absolute Gasteiger partial charge is 0.399 e. The number of hydrogen-bond acceptors (Lipinski definition) is 3. The summed E-state index contributed by atoms with van der Waals surface area (Å²) in [5, 5.41) is 4.63. The van der Waals surface area contributed by atoms with Crippen molar-refractivity contribution >= 4 is 12.6 Å². The van der Waals surface area contributed by atoms with Crippen LogP contribution in [0.4, 0.5) is 0 Å². The highest BCUT2D eigenvalue weighted by Gasteiger charge is 2.52. The summed E-state index contributed by atoms with van der Waals surface area (Å²) in [5.41, 5.74) is 0.445. The summed E-state index contributed by atoms with van der Waals surface area (Å²) < 4.78 is 14.4. The Morgan fingerprint density at radius 2 is 1.73 bits per heavy atom. The van der Waals surface area contributed by atoms with E-state index >= 15 is 0 Å². The summed E-state index contributed by atoms with van der Waals surface area (Å²) in [6.45, 7) is 10.7. The van der Waals surface area contributed by atoms with Gasteiger partial charge < -0.3 is 9.31 Å². The Morgan fingerprint density at radius 3 is 2.41 bits per heavy atom. The SMILES string of the molecule is CC1CCCCCC1n1cc(B2OC(C)(C)C(C)(C)O2)cn1. The zero-order valence-corrected chi connectivity index (χ0v) is 14.6. The maximum absolute atomic E-state index is 6.13. The van der Waals surface area contributed by atoms with Crippen LogP contribution in [0.2, 0.25) is 0 Å². The first kappa shape index (κ1) is 16.1. The standard InChI is InChI=1S/C17H29BN2O2/c1-13-9-7-6-8-10-15(13)20-12-14(11-19-20)18-21-16(2,3)17(4,5)22-18/h11-13,15H,6-10H2,1-5H3. The predicted molar refractivity (Wildman–Crippen MR) is 89.2 cm³/mol. The first-order valence-corrected chi connectivity index (χ1v) is 8.70. The van der Waals surface area contributed by atoms with E-state index in [-0.39, 0.29) is 18.3 Å². The Labute approximate surface area is 134 Å². The van der Waals surface area contributed by atoms with Crippen LogP contribution in [0.1, 0.15) is 72.8 Å². The third kappa shape index (κ3) is 2.85. The lowest BCUT2D eigenvalue weighted by atomic mass is 9.82. The highest BCUT2D eigenvalue weighted by atomic mass is 16.7. The monoisotopic (exact) mass is 304 g/mol. The summed E-state index contributed by atoms with van der Waals surface area (Å²) in [5.74, 6) is 0.688. The van der Waals surface area contributed by atoms with Crippen molar-refractivity contribution in [1.29, 1.82) is 0 Å². The van der Waals surface area contributed by atoms with Crippen molar-refractivity contribution in [2.75, 3.05) is 0 Å². The van der Waals surface area contributed by atoms with E-state index in [0.717, 1.165) is 5.46 Å². The van der Waals surface area contributed by atoms with Crippen LogP contribution < -0.4 is 5.46 Å². The zero-order chi connectivity index (χ0) is 16.0. The average Bonchev–Trinajstić information content (AvgIpc) is 2.90. The van der Waals surface area contributed by atoms with Gasteiger partial charge in [0.25, 0.3) is 0 Å². The molecule has 2 fully saturated rings. The predicted octanol–water partition coefficient (Wildman–Crippen LogP) is 3.32. The summed E-state index contributed by atoms with van der Waals surface area (Å²) in [4.78, 5) is 0. The number of nitrogens with zero attached hydrogens (tertiary/aromatic N) is 2. The van der Waals surface area contributed by atoms with Crippen LogP contribution in [0.25, 0.3) is 0 Å². The molecule has 0 spiro atoms. The highest BCUT2D eigenvalue weighted by Crippen LogP contribution is 2.37. The van der Waals surface area contributed by atoms with Crippen molar-refractivity contribution in [1.82, 2.24) is 9.78 Å². The van der Waals surface area contributed by atoms with Gasteiger partial charge in [-0.05, 0) is 46.5 Å². The second-order valence-corrected chi connectivity index (χ2v) is 8.02. The third-order valence-electron chi connectivity index (χ3n) is 5.80. The molecule has 22 heavy (non-hydrogen) atoms. The van der Waals surface area contributed by atoms with Crippen molar-refractivity contribution in [2.45, 2.75) is 84.0 Å². The van der Waals surface area contributed by atoms with E-state index in [1.165, 1.54) is 32.1 Å². The van der Waals surface area contributed by atoms with Crippen molar-refractivity contribution in [3.05, 3.63) is 12.4 Å². The fourth-order valence-electron chi connectivity index (χ4n) is 3.50. The van der Waals surface area contributed by atoms with Crippen LogP contribution >= 0.6 is 0 Å². The quantitative estimate of drug-likeness (QED) is 0.621. The van der Waals surface area contributed by atoms with Gasteiger partial charge in [-0.3, -0.25) is 4.68 Å². The Morgan fingerprint density at radius 1 is 1.09 bits per heavy atom.